The number of ketones is 1. The first-order chi connectivity index (χ1) is 15.9. The SMILES string of the molecule is C[C@H]1C(=O)C(C#N)=C[C@@]2(C)c3nc(-c4ccnc(CF)c4)nc(-c4ccccc4F)c3C[C@H]12. The molecule has 3 aromatic rings. The maximum absolute atomic E-state index is 14.9. The molecule has 2 aliphatic rings. The first kappa shape index (κ1) is 21.1. The molecule has 164 valence electrons. The highest BCUT2D eigenvalue weighted by atomic mass is 19.1. The van der Waals surface area contributed by atoms with Crippen molar-refractivity contribution >= 4 is 5.78 Å². The second kappa shape index (κ2) is 7.66. The molecule has 0 saturated heterocycles. The maximum Gasteiger partial charge on any atom is 0.176 e. The van der Waals surface area contributed by atoms with Crippen LogP contribution in [0.5, 0.6) is 0 Å². The fourth-order valence-corrected chi connectivity index (χ4v) is 5.18. The summed E-state index contributed by atoms with van der Waals surface area (Å²) in [5.41, 5.74) is 2.46. The van der Waals surface area contributed by atoms with Gasteiger partial charge in [0.1, 0.15) is 18.6 Å². The number of Topliss-reactive ketones (excluding diaryl/α,β-unsaturated/α-hetero) is 1. The lowest BCUT2D eigenvalue weighted by molar-refractivity contribution is -0.121. The van der Waals surface area contributed by atoms with Gasteiger partial charge in [0.05, 0.1) is 22.7 Å². The van der Waals surface area contributed by atoms with Gasteiger partial charge in [-0.3, -0.25) is 9.78 Å². The molecule has 0 unspecified atom stereocenters. The standard InChI is InChI=1S/C26H20F2N4O/c1-14-20-10-19-22(18-5-3-4-6-21(18)28)31-25(15-7-8-30-17(9-15)12-27)32-24(19)26(20,2)11-16(13-29)23(14)33/h3-9,11,14,20H,10,12H2,1-2H3/t14-,20-,26-/m1/s1. The van der Waals surface area contributed by atoms with E-state index in [1.165, 1.54) is 12.3 Å². The van der Waals surface area contributed by atoms with Gasteiger partial charge in [-0.2, -0.15) is 5.26 Å². The van der Waals surface area contributed by atoms with Crippen molar-refractivity contribution in [3.63, 3.8) is 0 Å². The van der Waals surface area contributed by atoms with Crippen molar-refractivity contribution in [1.82, 2.24) is 15.0 Å². The van der Waals surface area contributed by atoms with Gasteiger partial charge in [0.25, 0.3) is 0 Å². The van der Waals surface area contributed by atoms with Crippen molar-refractivity contribution in [3.8, 4) is 28.7 Å². The van der Waals surface area contributed by atoms with Gasteiger partial charge in [0.2, 0.25) is 0 Å². The molecular weight excluding hydrogens is 422 g/mol. The molecule has 0 fully saturated rings. The summed E-state index contributed by atoms with van der Waals surface area (Å²) in [7, 11) is 0. The van der Waals surface area contributed by atoms with E-state index in [0.29, 0.717) is 34.8 Å². The third kappa shape index (κ3) is 3.17. The molecule has 0 aliphatic heterocycles. The fourth-order valence-electron chi connectivity index (χ4n) is 5.18. The molecule has 0 spiro atoms. The van der Waals surface area contributed by atoms with Crippen molar-refractivity contribution < 1.29 is 13.6 Å². The lowest BCUT2D eigenvalue weighted by Gasteiger charge is -2.36. The number of allylic oxidation sites excluding steroid dienone is 2. The first-order valence-electron chi connectivity index (χ1n) is 10.7. The Morgan fingerprint density at radius 1 is 1.24 bits per heavy atom. The van der Waals surface area contributed by atoms with Gasteiger partial charge in [-0.1, -0.05) is 32.1 Å². The predicted octanol–water partition coefficient (Wildman–Crippen LogP) is 4.91. The number of benzene rings is 1. The van der Waals surface area contributed by atoms with Crippen molar-refractivity contribution in [3.05, 3.63) is 77.0 Å². The van der Waals surface area contributed by atoms with Gasteiger partial charge >= 0.3 is 0 Å². The highest BCUT2D eigenvalue weighted by Gasteiger charge is 2.52. The highest BCUT2D eigenvalue weighted by Crippen LogP contribution is 2.52. The number of carbonyl (C=O) groups excluding carboxylic acids is 1. The molecule has 33 heavy (non-hydrogen) atoms. The van der Waals surface area contributed by atoms with Crippen molar-refractivity contribution in [2.24, 2.45) is 11.8 Å². The Morgan fingerprint density at radius 2 is 2.03 bits per heavy atom. The van der Waals surface area contributed by atoms with Crippen LogP contribution in [-0.4, -0.2) is 20.7 Å². The van der Waals surface area contributed by atoms with Crippen molar-refractivity contribution in [2.45, 2.75) is 32.4 Å². The van der Waals surface area contributed by atoms with Gasteiger partial charge < -0.3 is 0 Å². The normalized spacial score (nSPS) is 23.5. The minimum absolute atomic E-state index is 0.116. The fraction of sp³-hybridized carbons (Fsp3) is 0.269. The van der Waals surface area contributed by atoms with Crippen LogP contribution in [0, 0.1) is 29.0 Å². The van der Waals surface area contributed by atoms with E-state index >= 15 is 0 Å². The molecule has 2 aromatic heterocycles. The molecule has 5 nitrogen and oxygen atoms in total. The zero-order valence-corrected chi connectivity index (χ0v) is 18.1. The highest BCUT2D eigenvalue weighted by molar-refractivity contribution is 6.02. The lowest BCUT2D eigenvalue weighted by Crippen LogP contribution is -2.40. The van der Waals surface area contributed by atoms with Gasteiger partial charge in [0.15, 0.2) is 11.6 Å². The topological polar surface area (TPSA) is 79.5 Å². The van der Waals surface area contributed by atoms with Crippen LogP contribution >= 0.6 is 0 Å². The van der Waals surface area contributed by atoms with Crippen LogP contribution in [0.3, 0.4) is 0 Å². The van der Waals surface area contributed by atoms with E-state index in [0.717, 1.165) is 5.56 Å². The van der Waals surface area contributed by atoms with Crippen LogP contribution in [0.1, 0.15) is 30.8 Å². The van der Waals surface area contributed by atoms with Gasteiger partial charge in [-0.25, -0.2) is 18.7 Å². The number of hydrogen-bond acceptors (Lipinski definition) is 5. The Morgan fingerprint density at radius 3 is 2.76 bits per heavy atom. The molecule has 2 heterocycles. The number of carbonyl (C=O) groups is 1. The zero-order valence-electron chi connectivity index (χ0n) is 18.1. The molecule has 0 N–H and O–H groups in total. The van der Waals surface area contributed by atoms with Crippen LogP contribution in [-0.2, 0) is 23.3 Å². The van der Waals surface area contributed by atoms with E-state index in [4.69, 9.17) is 9.97 Å². The van der Waals surface area contributed by atoms with Gasteiger partial charge in [-0.05, 0) is 36.6 Å². The quantitative estimate of drug-likeness (QED) is 0.576. The van der Waals surface area contributed by atoms with Crippen LogP contribution < -0.4 is 0 Å². The molecule has 1 aromatic carbocycles. The number of rotatable bonds is 3. The zero-order chi connectivity index (χ0) is 23.3. The summed E-state index contributed by atoms with van der Waals surface area (Å²) in [4.78, 5) is 26.3. The Kier molecular flexibility index (Phi) is 4.89. The van der Waals surface area contributed by atoms with E-state index in [9.17, 15) is 18.8 Å². The number of nitrogens with zero attached hydrogens (tertiary/aromatic N) is 4. The van der Waals surface area contributed by atoms with Crippen LogP contribution in [0.2, 0.25) is 0 Å². The second-order valence-electron chi connectivity index (χ2n) is 8.79. The second-order valence-corrected chi connectivity index (χ2v) is 8.79. The number of fused-ring (bicyclic) bond motifs is 3. The van der Waals surface area contributed by atoms with E-state index in [1.807, 2.05) is 19.9 Å². The van der Waals surface area contributed by atoms with Crippen LogP contribution in [0.15, 0.2) is 54.2 Å². The summed E-state index contributed by atoms with van der Waals surface area (Å²) in [6.45, 7) is 3.06. The Bertz CT molecular complexity index is 1380. The number of aromatic nitrogens is 3. The van der Waals surface area contributed by atoms with E-state index in [-0.39, 0.29) is 28.9 Å². The van der Waals surface area contributed by atoms with E-state index in [1.54, 1.807) is 36.4 Å². The van der Waals surface area contributed by atoms with Crippen molar-refractivity contribution in [2.75, 3.05) is 0 Å². The van der Waals surface area contributed by atoms with Crippen molar-refractivity contribution in [1.29, 1.82) is 5.26 Å². The molecular formula is C26H20F2N4O. The summed E-state index contributed by atoms with van der Waals surface area (Å²) in [6.07, 6.45) is 3.68. The molecule has 5 rings (SSSR count). The van der Waals surface area contributed by atoms with Crippen LogP contribution in [0.4, 0.5) is 8.78 Å². The number of alkyl halides is 1. The largest absolute Gasteiger partial charge is 0.293 e. The smallest absolute Gasteiger partial charge is 0.176 e. The summed E-state index contributed by atoms with van der Waals surface area (Å²) >= 11 is 0. The lowest BCUT2D eigenvalue weighted by atomic mass is 9.65. The molecule has 0 amide bonds. The third-order valence-corrected chi connectivity index (χ3v) is 6.90. The Hall–Kier alpha value is -3.79. The average Bonchev–Trinajstić information content (AvgIpc) is 3.14. The third-order valence-electron chi connectivity index (χ3n) is 6.90. The number of pyridine rings is 1. The van der Waals surface area contributed by atoms with Gasteiger partial charge in [-0.15, -0.1) is 0 Å². The molecule has 0 bridgehead atoms. The number of nitriles is 1. The molecule has 3 atom stereocenters. The molecule has 0 saturated carbocycles. The summed E-state index contributed by atoms with van der Waals surface area (Å²) in [6, 6.07) is 11.7. The van der Waals surface area contributed by atoms with Crippen LogP contribution in [0.25, 0.3) is 22.6 Å². The minimum Gasteiger partial charge on any atom is -0.293 e. The predicted molar refractivity (Wildman–Crippen MR) is 118 cm³/mol. The van der Waals surface area contributed by atoms with E-state index < -0.39 is 17.9 Å². The average molecular weight is 442 g/mol. The molecule has 7 heteroatoms. The van der Waals surface area contributed by atoms with Gasteiger partial charge in [0, 0.05) is 34.2 Å². The maximum atomic E-state index is 14.9. The summed E-state index contributed by atoms with van der Waals surface area (Å²) in [5.74, 6) is -0.802. The Balaban J connectivity index is 1.81. The Labute approximate surface area is 189 Å². The number of halogens is 2. The minimum atomic E-state index is -0.730. The monoisotopic (exact) mass is 442 g/mol. The number of hydrogen-bond donors (Lipinski definition) is 0. The van der Waals surface area contributed by atoms with E-state index in [2.05, 4.69) is 4.98 Å². The first-order valence-corrected chi connectivity index (χ1v) is 10.7. The summed E-state index contributed by atoms with van der Waals surface area (Å²) < 4.78 is 28.1. The molecule has 2 aliphatic carbocycles. The summed E-state index contributed by atoms with van der Waals surface area (Å²) in [5, 5.41) is 9.56. The molecule has 0 radical (unpaired) electrons.